The number of hydrogen-bond acceptors (Lipinski definition) is 4. The maximum atomic E-state index is 12.9. The van der Waals surface area contributed by atoms with Crippen LogP contribution in [0.2, 0.25) is 0 Å². The SMILES string of the molecule is CC(=O)N1CCCN(S(=O)(=O)c2ccc3c(c2)CCC(=O)N3)CC1. The summed E-state index contributed by atoms with van der Waals surface area (Å²) in [5, 5.41) is 2.75. The Labute approximate surface area is 141 Å². The molecule has 0 bridgehead atoms. The number of aryl methyl sites for hydroxylation is 1. The van der Waals surface area contributed by atoms with Crippen LogP contribution in [0.3, 0.4) is 0 Å². The van der Waals surface area contributed by atoms with E-state index in [1.807, 2.05) is 0 Å². The zero-order chi connectivity index (χ0) is 17.3. The summed E-state index contributed by atoms with van der Waals surface area (Å²) in [6.45, 7) is 3.20. The van der Waals surface area contributed by atoms with Gasteiger partial charge < -0.3 is 10.2 Å². The van der Waals surface area contributed by atoms with E-state index in [-0.39, 0.29) is 16.7 Å². The molecule has 24 heavy (non-hydrogen) atoms. The molecule has 8 heteroatoms. The van der Waals surface area contributed by atoms with Gasteiger partial charge in [-0.05, 0) is 36.6 Å². The number of carbonyl (C=O) groups excluding carboxylic acids is 2. The molecule has 2 heterocycles. The topological polar surface area (TPSA) is 86.8 Å². The van der Waals surface area contributed by atoms with Crippen molar-refractivity contribution in [1.82, 2.24) is 9.21 Å². The van der Waals surface area contributed by atoms with Crippen molar-refractivity contribution < 1.29 is 18.0 Å². The van der Waals surface area contributed by atoms with Gasteiger partial charge in [-0.3, -0.25) is 9.59 Å². The lowest BCUT2D eigenvalue weighted by Crippen LogP contribution is -2.36. The quantitative estimate of drug-likeness (QED) is 0.854. The first kappa shape index (κ1) is 16.9. The summed E-state index contributed by atoms with van der Waals surface area (Å²) in [4.78, 5) is 24.8. The third-order valence-corrected chi connectivity index (χ3v) is 6.40. The highest BCUT2D eigenvalue weighted by Crippen LogP contribution is 2.27. The Kier molecular flexibility index (Phi) is 4.60. The van der Waals surface area contributed by atoms with E-state index in [4.69, 9.17) is 0 Å². The van der Waals surface area contributed by atoms with Crippen LogP contribution in [0, 0.1) is 0 Å². The number of nitrogens with one attached hydrogen (secondary N) is 1. The Bertz CT molecular complexity index is 776. The molecule has 0 spiro atoms. The fraction of sp³-hybridized carbons (Fsp3) is 0.500. The molecule has 2 amide bonds. The van der Waals surface area contributed by atoms with Crippen molar-refractivity contribution in [2.24, 2.45) is 0 Å². The molecule has 7 nitrogen and oxygen atoms in total. The van der Waals surface area contributed by atoms with Crippen LogP contribution < -0.4 is 5.32 Å². The summed E-state index contributed by atoms with van der Waals surface area (Å²) in [5.41, 5.74) is 1.53. The summed E-state index contributed by atoms with van der Waals surface area (Å²) < 4.78 is 27.2. The average Bonchev–Trinajstić information content (AvgIpc) is 2.81. The predicted molar refractivity (Wildman–Crippen MR) is 89.0 cm³/mol. The van der Waals surface area contributed by atoms with Gasteiger partial charge in [0, 0.05) is 45.2 Å². The zero-order valence-electron chi connectivity index (χ0n) is 13.6. The van der Waals surface area contributed by atoms with Crippen molar-refractivity contribution in [2.75, 3.05) is 31.5 Å². The maximum absolute atomic E-state index is 12.9. The third kappa shape index (κ3) is 3.29. The number of fused-ring (bicyclic) bond motifs is 1. The van der Waals surface area contributed by atoms with Crippen LogP contribution in [0.5, 0.6) is 0 Å². The fourth-order valence-electron chi connectivity index (χ4n) is 3.12. The van der Waals surface area contributed by atoms with Crippen molar-refractivity contribution in [3.63, 3.8) is 0 Å². The Morgan fingerprint density at radius 3 is 2.67 bits per heavy atom. The predicted octanol–water partition coefficient (Wildman–Crippen LogP) is 0.814. The Hall–Kier alpha value is -1.93. The highest BCUT2D eigenvalue weighted by atomic mass is 32.2. The molecule has 1 N–H and O–H groups in total. The van der Waals surface area contributed by atoms with Crippen molar-refractivity contribution in [3.8, 4) is 0 Å². The standard InChI is InChI=1S/C16H21N3O4S/c1-12(20)18-7-2-8-19(10-9-18)24(22,23)14-4-5-15-13(11-14)3-6-16(21)17-15/h4-5,11H,2-3,6-10H2,1H3,(H,17,21). The largest absolute Gasteiger partial charge is 0.342 e. The lowest BCUT2D eigenvalue weighted by atomic mass is 10.0. The molecule has 0 aliphatic carbocycles. The minimum absolute atomic E-state index is 0.0289. The van der Waals surface area contributed by atoms with Gasteiger partial charge in [-0.15, -0.1) is 0 Å². The van der Waals surface area contributed by atoms with Crippen molar-refractivity contribution in [1.29, 1.82) is 0 Å². The monoisotopic (exact) mass is 351 g/mol. The summed E-state index contributed by atoms with van der Waals surface area (Å²) in [5.74, 6) is -0.0753. The van der Waals surface area contributed by atoms with Crippen LogP contribution >= 0.6 is 0 Å². The molecular weight excluding hydrogens is 330 g/mol. The lowest BCUT2D eigenvalue weighted by Gasteiger charge is -2.22. The zero-order valence-corrected chi connectivity index (χ0v) is 14.4. The molecule has 0 aromatic heterocycles. The van der Waals surface area contributed by atoms with Gasteiger partial charge in [0.2, 0.25) is 21.8 Å². The average molecular weight is 351 g/mol. The molecule has 0 atom stereocenters. The van der Waals surface area contributed by atoms with Gasteiger partial charge in [-0.1, -0.05) is 0 Å². The number of sulfonamides is 1. The van der Waals surface area contributed by atoms with E-state index >= 15 is 0 Å². The number of amides is 2. The van der Waals surface area contributed by atoms with E-state index in [1.54, 1.807) is 17.0 Å². The lowest BCUT2D eigenvalue weighted by molar-refractivity contribution is -0.128. The highest BCUT2D eigenvalue weighted by Gasteiger charge is 2.28. The van der Waals surface area contributed by atoms with E-state index in [0.717, 1.165) is 5.56 Å². The molecule has 1 aromatic carbocycles. The van der Waals surface area contributed by atoms with Gasteiger partial charge in [0.25, 0.3) is 0 Å². The van der Waals surface area contributed by atoms with Crippen molar-refractivity contribution >= 4 is 27.5 Å². The van der Waals surface area contributed by atoms with Crippen LogP contribution in [-0.4, -0.2) is 55.6 Å². The van der Waals surface area contributed by atoms with E-state index in [0.29, 0.717) is 51.1 Å². The van der Waals surface area contributed by atoms with E-state index in [1.165, 1.54) is 17.3 Å². The molecule has 0 radical (unpaired) electrons. The second kappa shape index (κ2) is 6.52. The summed E-state index contributed by atoms with van der Waals surface area (Å²) in [6.07, 6.45) is 1.54. The molecular formula is C16H21N3O4S. The van der Waals surface area contributed by atoms with Crippen LogP contribution in [-0.2, 0) is 26.0 Å². The second-order valence-corrected chi connectivity index (χ2v) is 8.07. The van der Waals surface area contributed by atoms with Gasteiger partial charge >= 0.3 is 0 Å². The molecule has 1 aromatic rings. The summed E-state index contributed by atoms with van der Waals surface area (Å²) in [7, 11) is -3.60. The molecule has 1 saturated heterocycles. The Morgan fingerprint density at radius 2 is 1.92 bits per heavy atom. The maximum Gasteiger partial charge on any atom is 0.243 e. The number of rotatable bonds is 2. The Morgan fingerprint density at radius 1 is 1.12 bits per heavy atom. The third-order valence-electron chi connectivity index (χ3n) is 4.51. The highest BCUT2D eigenvalue weighted by molar-refractivity contribution is 7.89. The van der Waals surface area contributed by atoms with Crippen LogP contribution in [0.4, 0.5) is 5.69 Å². The van der Waals surface area contributed by atoms with Crippen LogP contribution in [0.15, 0.2) is 23.1 Å². The molecule has 0 unspecified atom stereocenters. The number of anilines is 1. The second-order valence-electron chi connectivity index (χ2n) is 6.13. The van der Waals surface area contributed by atoms with Gasteiger partial charge in [-0.2, -0.15) is 4.31 Å². The molecule has 130 valence electrons. The molecule has 2 aliphatic rings. The first-order valence-corrected chi connectivity index (χ1v) is 9.50. The molecule has 0 saturated carbocycles. The Balaban J connectivity index is 1.83. The normalized spacial score (nSPS) is 19.4. The summed E-state index contributed by atoms with van der Waals surface area (Å²) >= 11 is 0. The van der Waals surface area contributed by atoms with Gasteiger partial charge in [-0.25, -0.2) is 8.42 Å². The van der Waals surface area contributed by atoms with Gasteiger partial charge in [0.15, 0.2) is 0 Å². The summed E-state index contributed by atoms with van der Waals surface area (Å²) in [6, 6.07) is 4.84. The van der Waals surface area contributed by atoms with E-state index in [2.05, 4.69) is 5.32 Å². The van der Waals surface area contributed by atoms with Crippen LogP contribution in [0.25, 0.3) is 0 Å². The minimum Gasteiger partial charge on any atom is -0.342 e. The first-order chi connectivity index (χ1) is 11.4. The van der Waals surface area contributed by atoms with Gasteiger partial charge in [0.05, 0.1) is 4.90 Å². The fourth-order valence-corrected chi connectivity index (χ4v) is 4.64. The van der Waals surface area contributed by atoms with E-state index in [9.17, 15) is 18.0 Å². The van der Waals surface area contributed by atoms with Gasteiger partial charge in [0.1, 0.15) is 0 Å². The number of nitrogens with zero attached hydrogens (tertiary/aromatic N) is 2. The number of carbonyl (C=O) groups is 2. The van der Waals surface area contributed by atoms with E-state index < -0.39 is 10.0 Å². The number of benzene rings is 1. The van der Waals surface area contributed by atoms with Crippen molar-refractivity contribution in [3.05, 3.63) is 23.8 Å². The molecule has 1 fully saturated rings. The van der Waals surface area contributed by atoms with Crippen molar-refractivity contribution in [2.45, 2.75) is 31.1 Å². The number of hydrogen-bond donors (Lipinski definition) is 1. The molecule has 2 aliphatic heterocycles. The first-order valence-electron chi connectivity index (χ1n) is 8.06. The smallest absolute Gasteiger partial charge is 0.243 e. The minimum atomic E-state index is -3.60. The van der Waals surface area contributed by atoms with Crippen LogP contribution in [0.1, 0.15) is 25.3 Å². The molecule has 3 rings (SSSR count).